The van der Waals surface area contributed by atoms with Crippen LogP contribution in [0.25, 0.3) is 0 Å². The third-order valence-electron chi connectivity index (χ3n) is 5.60. The largest absolute Gasteiger partial charge is 0.497 e. The molecule has 2 N–H and O–H groups in total. The Morgan fingerprint density at radius 3 is 2.45 bits per heavy atom. The van der Waals surface area contributed by atoms with Crippen molar-refractivity contribution in [2.24, 2.45) is 0 Å². The van der Waals surface area contributed by atoms with Crippen molar-refractivity contribution >= 4 is 11.9 Å². The molecule has 2 atom stereocenters. The van der Waals surface area contributed by atoms with Crippen LogP contribution in [0.5, 0.6) is 5.75 Å². The number of nitrogens with zero attached hydrogens (tertiary/aromatic N) is 1. The first-order chi connectivity index (χ1) is 13.8. The van der Waals surface area contributed by atoms with Crippen LogP contribution in [-0.4, -0.2) is 43.2 Å². The number of hydrogen-bond donors (Lipinski definition) is 2. The van der Waals surface area contributed by atoms with Gasteiger partial charge in [-0.2, -0.15) is 0 Å². The van der Waals surface area contributed by atoms with Gasteiger partial charge in [-0.3, -0.25) is 4.79 Å². The molecular formula is C23H30N3O3+. The van der Waals surface area contributed by atoms with Gasteiger partial charge in [-0.1, -0.05) is 36.4 Å². The van der Waals surface area contributed by atoms with Crippen molar-refractivity contribution < 1.29 is 19.2 Å². The second-order valence-electron chi connectivity index (χ2n) is 8.06. The molecule has 2 aromatic rings. The minimum atomic E-state index is -0.875. The van der Waals surface area contributed by atoms with Crippen molar-refractivity contribution in [2.75, 3.05) is 20.8 Å². The molecule has 1 aliphatic heterocycles. The number of quaternary nitrogens is 1. The number of aryl methyl sites for hydroxylation is 2. The number of imide groups is 1. The average Bonchev–Trinajstić information content (AvgIpc) is 2.92. The van der Waals surface area contributed by atoms with Crippen LogP contribution >= 0.6 is 0 Å². The fourth-order valence-electron chi connectivity index (χ4n) is 3.71. The summed E-state index contributed by atoms with van der Waals surface area (Å²) in [4.78, 5) is 28.0. The van der Waals surface area contributed by atoms with Gasteiger partial charge in [0, 0.05) is 5.56 Å². The number of carbonyl (C=O) groups is 2. The SMILES string of the molecule is COc1ccc(CC[C@]2(C)NC(=O)N(C[NH+](C)Cc3ccccc3C)C2=O)cc1. The third kappa shape index (κ3) is 4.77. The molecule has 0 aliphatic carbocycles. The minimum Gasteiger partial charge on any atom is -0.497 e. The zero-order valence-electron chi connectivity index (χ0n) is 17.6. The molecule has 3 amide bonds. The molecule has 0 saturated carbocycles. The number of benzene rings is 2. The summed E-state index contributed by atoms with van der Waals surface area (Å²) in [7, 11) is 3.63. The fourth-order valence-corrected chi connectivity index (χ4v) is 3.71. The van der Waals surface area contributed by atoms with Crippen LogP contribution in [0.1, 0.15) is 30.0 Å². The maximum Gasteiger partial charge on any atom is 0.329 e. The fraction of sp³-hybridized carbons (Fsp3) is 0.391. The summed E-state index contributed by atoms with van der Waals surface area (Å²) in [5.41, 5.74) is 2.67. The third-order valence-corrected chi connectivity index (χ3v) is 5.60. The summed E-state index contributed by atoms with van der Waals surface area (Å²) in [5, 5.41) is 2.90. The highest BCUT2D eigenvalue weighted by Gasteiger charge is 2.48. The first kappa shape index (κ1) is 20.9. The van der Waals surface area contributed by atoms with Crippen LogP contribution in [-0.2, 0) is 17.8 Å². The van der Waals surface area contributed by atoms with E-state index < -0.39 is 5.54 Å². The smallest absolute Gasteiger partial charge is 0.329 e. The Kier molecular flexibility index (Phi) is 6.23. The molecule has 1 aliphatic rings. The van der Waals surface area contributed by atoms with E-state index in [0.29, 0.717) is 19.5 Å². The van der Waals surface area contributed by atoms with Gasteiger partial charge in [0.05, 0.1) is 14.2 Å². The van der Waals surface area contributed by atoms with Gasteiger partial charge < -0.3 is 15.0 Å². The Morgan fingerprint density at radius 2 is 1.79 bits per heavy atom. The Hall–Kier alpha value is -2.86. The van der Waals surface area contributed by atoms with Crippen LogP contribution in [0.15, 0.2) is 48.5 Å². The zero-order valence-corrected chi connectivity index (χ0v) is 17.6. The quantitative estimate of drug-likeness (QED) is 0.670. The molecule has 0 aromatic heterocycles. The lowest BCUT2D eigenvalue weighted by molar-refractivity contribution is -0.901. The molecule has 1 fully saturated rings. The summed E-state index contributed by atoms with van der Waals surface area (Å²) in [6, 6.07) is 15.7. The number of methoxy groups -OCH3 is 1. The summed E-state index contributed by atoms with van der Waals surface area (Å²) >= 11 is 0. The van der Waals surface area contributed by atoms with Gasteiger partial charge in [0.2, 0.25) is 0 Å². The van der Waals surface area contributed by atoms with E-state index in [1.807, 2.05) is 50.4 Å². The topological polar surface area (TPSA) is 63.1 Å². The monoisotopic (exact) mass is 396 g/mol. The van der Waals surface area contributed by atoms with Gasteiger partial charge in [0.15, 0.2) is 6.67 Å². The Morgan fingerprint density at radius 1 is 1.10 bits per heavy atom. The molecule has 1 unspecified atom stereocenters. The summed E-state index contributed by atoms with van der Waals surface area (Å²) < 4.78 is 5.18. The highest BCUT2D eigenvalue weighted by atomic mass is 16.5. The number of nitrogens with one attached hydrogen (secondary N) is 2. The van der Waals surface area contributed by atoms with Gasteiger partial charge in [0.1, 0.15) is 17.8 Å². The van der Waals surface area contributed by atoms with E-state index in [-0.39, 0.29) is 11.9 Å². The number of urea groups is 1. The Bertz CT molecular complexity index is 881. The number of rotatable bonds is 8. The number of carbonyl (C=O) groups excluding carboxylic acids is 2. The lowest BCUT2D eigenvalue weighted by Crippen LogP contribution is -3.09. The van der Waals surface area contributed by atoms with Gasteiger partial charge in [-0.05, 0) is 49.9 Å². The second kappa shape index (κ2) is 8.66. The molecule has 2 aromatic carbocycles. The van der Waals surface area contributed by atoms with Crippen LogP contribution in [0.2, 0.25) is 0 Å². The average molecular weight is 397 g/mol. The lowest BCUT2D eigenvalue weighted by Gasteiger charge is -2.23. The van der Waals surface area contributed by atoms with E-state index in [1.165, 1.54) is 16.0 Å². The first-order valence-electron chi connectivity index (χ1n) is 9.95. The first-order valence-corrected chi connectivity index (χ1v) is 9.95. The lowest BCUT2D eigenvalue weighted by atomic mass is 9.93. The van der Waals surface area contributed by atoms with Gasteiger partial charge in [0.25, 0.3) is 5.91 Å². The molecule has 6 heteroatoms. The van der Waals surface area contributed by atoms with E-state index in [2.05, 4.69) is 24.4 Å². The zero-order chi connectivity index (χ0) is 21.0. The normalized spacial score (nSPS) is 19.9. The van der Waals surface area contributed by atoms with E-state index >= 15 is 0 Å². The molecule has 6 nitrogen and oxygen atoms in total. The molecule has 154 valence electrons. The van der Waals surface area contributed by atoms with Crippen molar-refractivity contribution in [3.63, 3.8) is 0 Å². The van der Waals surface area contributed by atoms with Gasteiger partial charge in [-0.15, -0.1) is 0 Å². The van der Waals surface area contributed by atoms with E-state index in [1.54, 1.807) is 7.11 Å². The van der Waals surface area contributed by atoms with E-state index in [0.717, 1.165) is 22.8 Å². The molecule has 29 heavy (non-hydrogen) atoms. The maximum absolute atomic E-state index is 13.0. The molecule has 0 bridgehead atoms. The van der Waals surface area contributed by atoms with Crippen molar-refractivity contribution in [2.45, 2.75) is 38.8 Å². The predicted octanol–water partition coefficient (Wildman–Crippen LogP) is 1.92. The van der Waals surface area contributed by atoms with Crippen molar-refractivity contribution in [1.29, 1.82) is 0 Å². The van der Waals surface area contributed by atoms with Crippen LogP contribution in [0, 0.1) is 6.92 Å². The molecule has 0 radical (unpaired) electrons. The van der Waals surface area contributed by atoms with Crippen LogP contribution in [0.4, 0.5) is 4.79 Å². The van der Waals surface area contributed by atoms with Gasteiger partial charge >= 0.3 is 6.03 Å². The van der Waals surface area contributed by atoms with Crippen LogP contribution < -0.4 is 15.0 Å². The Labute approximate surface area is 172 Å². The maximum atomic E-state index is 13.0. The number of amides is 3. The summed E-state index contributed by atoms with van der Waals surface area (Å²) in [6.07, 6.45) is 1.25. The number of ether oxygens (including phenoxy) is 1. The van der Waals surface area contributed by atoms with Crippen molar-refractivity contribution in [3.8, 4) is 5.75 Å². The standard InChI is InChI=1S/C23H29N3O3/c1-17-7-5-6-8-19(17)15-25(3)16-26-21(27)23(2,24-22(26)28)14-13-18-9-11-20(29-4)12-10-18/h5-12H,13-16H2,1-4H3,(H,24,28)/p+1/t23-/m0/s1. The molecule has 0 spiro atoms. The highest BCUT2D eigenvalue weighted by molar-refractivity contribution is 6.06. The molecule has 1 saturated heterocycles. The number of hydrogen-bond acceptors (Lipinski definition) is 3. The summed E-state index contributed by atoms with van der Waals surface area (Å²) in [5.74, 6) is 0.649. The predicted molar refractivity (Wildman–Crippen MR) is 112 cm³/mol. The molecule has 1 heterocycles. The van der Waals surface area contributed by atoms with Crippen LogP contribution in [0.3, 0.4) is 0 Å². The highest BCUT2D eigenvalue weighted by Crippen LogP contribution is 2.23. The second-order valence-corrected chi connectivity index (χ2v) is 8.06. The van der Waals surface area contributed by atoms with Crippen molar-refractivity contribution in [3.05, 3.63) is 65.2 Å². The molecular weight excluding hydrogens is 366 g/mol. The van der Waals surface area contributed by atoms with E-state index in [9.17, 15) is 9.59 Å². The van der Waals surface area contributed by atoms with E-state index in [4.69, 9.17) is 4.74 Å². The van der Waals surface area contributed by atoms with Crippen molar-refractivity contribution in [1.82, 2.24) is 10.2 Å². The Balaban J connectivity index is 1.61. The molecule has 3 rings (SSSR count). The summed E-state index contributed by atoms with van der Waals surface area (Å²) in [6.45, 7) is 4.99. The van der Waals surface area contributed by atoms with Gasteiger partial charge in [-0.25, -0.2) is 9.69 Å². The minimum absolute atomic E-state index is 0.153.